The van der Waals surface area contributed by atoms with Crippen molar-refractivity contribution in [3.63, 3.8) is 0 Å². The fraction of sp³-hybridized carbons (Fsp3) is 0.438. The van der Waals surface area contributed by atoms with E-state index in [0.717, 1.165) is 4.80 Å². The summed E-state index contributed by atoms with van der Waals surface area (Å²) in [7, 11) is 1.28. The van der Waals surface area contributed by atoms with Gasteiger partial charge >= 0.3 is 5.97 Å². The van der Waals surface area contributed by atoms with Crippen molar-refractivity contribution in [2.45, 2.75) is 32.9 Å². The van der Waals surface area contributed by atoms with Crippen LogP contribution in [0.1, 0.15) is 20.3 Å². The van der Waals surface area contributed by atoms with Gasteiger partial charge in [0.25, 0.3) is 0 Å². The number of amides is 1. The van der Waals surface area contributed by atoms with Gasteiger partial charge in [0.15, 0.2) is 0 Å². The van der Waals surface area contributed by atoms with Crippen LogP contribution in [0.5, 0.6) is 0 Å². The van der Waals surface area contributed by atoms with Crippen molar-refractivity contribution >= 4 is 11.9 Å². The van der Waals surface area contributed by atoms with Crippen molar-refractivity contribution in [1.82, 2.24) is 25.5 Å². The standard InChI is InChI=1S/C16H20FN5O3/c1-4-10(2)14(16(24)25-3)18-13(23)9-22-20-15(19-21-22)11-5-7-12(17)8-6-11/h5-8,10,14H,4,9H2,1-3H3,(H,18,23)/t10-,14-/m1/s1. The van der Waals surface area contributed by atoms with Crippen LogP contribution >= 0.6 is 0 Å². The van der Waals surface area contributed by atoms with Crippen LogP contribution in [0.4, 0.5) is 4.39 Å². The highest BCUT2D eigenvalue weighted by molar-refractivity contribution is 5.84. The van der Waals surface area contributed by atoms with Crippen molar-refractivity contribution in [2.75, 3.05) is 7.11 Å². The highest BCUT2D eigenvalue weighted by Crippen LogP contribution is 2.13. The van der Waals surface area contributed by atoms with Gasteiger partial charge in [0.1, 0.15) is 18.4 Å². The predicted octanol–water partition coefficient (Wildman–Crippen LogP) is 1.18. The minimum atomic E-state index is -0.734. The molecule has 2 rings (SSSR count). The van der Waals surface area contributed by atoms with Crippen LogP contribution < -0.4 is 5.32 Å². The molecule has 9 heteroatoms. The van der Waals surface area contributed by atoms with Crippen LogP contribution in [0.25, 0.3) is 11.4 Å². The van der Waals surface area contributed by atoms with Gasteiger partial charge in [0, 0.05) is 5.56 Å². The first kappa shape index (κ1) is 18.5. The van der Waals surface area contributed by atoms with E-state index in [2.05, 4.69) is 20.7 Å². The van der Waals surface area contributed by atoms with E-state index in [1.165, 1.54) is 31.4 Å². The van der Waals surface area contributed by atoms with Gasteiger partial charge in [-0.25, -0.2) is 9.18 Å². The normalized spacial score (nSPS) is 13.1. The fourth-order valence-electron chi connectivity index (χ4n) is 2.17. The summed E-state index contributed by atoms with van der Waals surface area (Å²) in [6, 6.07) is 4.88. The Hall–Kier alpha value is -2.84. The summed E-state index contributed by atoms with van der Waals surface area (Å²) in [4.78, 5) is 25.1. The molecule has 0 radical (unpaired) electrons. The van der Waals surface area contributed by atoms with Gasteiger partial charge in [-0.2, -0.15) is 4.80 Å². The van der Waals surface area contributed by atoms with E-state index < -0.39 is 17.9 Å². The summed E-state index contributed by atoms with van der Waals surface area (Å²) in [6.07, 6.45) is 0.705. The van der Waals surface area contributed by atoms with E-state index >= 15 is 0 Å². The Morgan fingerprint density at radius 1 is 1.32 bits per heavy atom. The van der Waals surface area contributed by atoms with Crippen molar-refractivity contribution in [2.24, 2.45) is 5.92 Å². The first-order valence-corrected chi connectivity index (χ1v) is 7.85. The third-order valence-corrected chi connectivity index (χ3v) is 3.82. The SMILES string of the molecule is CC[C@@H](C)[C@@H](NC(=O)Cn1nnc(-c2ccc(F)cc2)n1)C(=O)OC. The van der Waals surface area contributed by atoms with E-state index in [0.29, 0.717) is 12.0 Å². The molecule has 0 aliphatic heterocycles. The summed E-state index contributed by atoms with van der Waals surface area (Å²) in [5.74, 6) is -1.09. The molecule has 0 aliphatic rings. The maximum atomic E-state index is 12.9. The first-order valence-electron chi connectivity index (χ1n) is 7.85. The smallest absolute Gasteiger partial charge is 0.328 e. The summed E-state index contributed by atoms with van der Waals surface area (Å²) < 4.78 is 17.7. The molecule has 0 bridgehead atoms. The Bertz CT molecular complexity index is 732. The molecule has 0 saturated carbocycles. The van der Waals surface area contributed by atoms with Crippen LogP contribution in [0.2, 0.25) is 0 Å². The van der Waals surface area contributed by atoms with Crippen LogP contribution in [0.3, 0.4) is 0 Å². The molecule has 134 valence electrons. The van der Waals surface area contributed by atoms with Crippen LogP contribution in [-0.4, -0.2) is 45.2 Å². The molecule has 0 spiro atoms. The number of nitrogens with one attached hydrogen (secondary N) is 1. The van der Waals surface area contributed by atoms with E-state index in [1.54, 1.807) is 0 Å². The molecule has 8 nitrogen and oxygen atoms in total. The number of rotatable bonds is 7. The van der Waals surface area contributed by atoms with E-state index in [9.17, 15) is 14.0 Å². The molecule has 0 unspecified atom stereocenters. The summed E-state index contributed by atoms with van der Waals surface area (Å²) in [6.45, 7) is 3.57. The Morgan fingerprint density at radius 2 is 2.00 bits per heavy atom. The average Bonchev–Trinajstić information content (AvgIpc) is 3.07. The summed E-state index contributed by atoms with van der Waals surface area (Å²) in [5, 5.41) is 14.3. The van der Waals surface area contributed by atoms with Gasteiger partial charge in [-0.15, -0.1) is 10.2 Å². The number of tetrazole rings is 1. The third kappa shape index (κ3) is 4.82. The highest BCUT2D eigenvalue weighted by Gasteiger charge is 2.26. The number of hydrogen-bond donors (Lipinski definition) is 1. The summed E-state index contributed by atoms with van der Waals surface area (Å²) in [5.41, 5.74) is 0.583. The Balaban J connectivity index is 2.03. The number of carbonyl (C=O) groups excluding carboxylic acids is 2. The van der Waals surface area contributed by atoms with Crippen molar-refractivity contribution in [1.29, 1.82) is 0 Å². The summed E-state index contributed by atoms with van der Waals surface area (Å²) >= 11 is 0. The van der Waals surface area contributed by atoms with Gasteiger partial charge in [-0.3, -0.25) is 4.79 Å². The zero-order chi connectivity index (χ0) is 18.4. The van der Waals surface area contributed by atoms with Crippen LogP contribution in [-0.2, 0) is 20.9 Å². The lowest BCUT2D eigenvalue weighted by Gasteiger charge is -2.21. The maximum absolute atomic E-state index is 12.9. The van der Waals surface area contributed by atoms with Crippen LogP contribution in [0, 0.1) is 11.7 Å². The molecule has 0 fully saturated rings. The Morgan fingerprint density at radius 3 is 2.60 bits per heavy atom. The lowest BCUT2D eigenvalue weighted by atomic mass is 9.99. The number of carbonyl (C=O) groups is 2. The molecule has 1 heterocycles. The molecular weight excluding hydrogens is 329 g/mol. The van der Waals surface area contributed by atoms with Crippen LogP contribution in [0.15, 0.2) is 24.3 Å². The van der Waals surface area contributed by atoms with Gasteiger partial charge in [-0.05, 0) is 35.4 Å². The third-order valence-electron chi connectivity index (χ3n) is 3.82. The molecule has 2 atom stereocenters. The second kappa shape index (κ2) is 8.32. The number of halogens is 1. The molecule has 25 heavy (non-hydrogen) atoms. The predicted molar refractivity (Wildman–Crippen MR) is 86.6 cm³/mol. The average molecular weight is 349 g/mol. The number of hydrogen-bond acceptors (Lipinski definition) is 6. The molecule has 1 aromatic heterocycles. The quantitative estimate of drug-likeness (QED) is 0.754. The van der Waals surface area contributed by atoms with Gasteiger partial charge < -0.3 is 10.1 Å². The zero-order valence-corrected chi connectivity index (χ0v) is 14.3. The monoisotopic (exact) mass is 349 g/mol. The number of ether oxygens (including phenoxy) is 1. The first-order chi connectivity index (χ1) is 11.9. The molecule has 1 aromatic carbocycles. The molecule has 2 aromatic rings. The second-order valence-corrected chi connectivity index (χ2v) is 5.60. The van der Waals surface area contributed by atoms with E-state index in [1.807, 2.05) is 13.8 Å². The largest absolute Gasteiger partial charge is 0.467 e. The number of esters is 1. The van der Waals surface area contributed by atoms with Gasteiger partial charge in [0.05, 0.1) is 7.11 Å². The lowest BCUT2D eigenvalue weighted by Crippen LogP contribution is -2.46. The fourth-order valence-corrected chi connectivity index (χ4v) is 2.17. The second-order valence-electron chi connectivity index (χ2n) is 5.60. The van der Waals surface area contributed by atoms with Gasteiger partial charge in [-0.1, -0.05) is 20.3 Å². The molecule has 0 saturated heterocycles. The molecular formula is C16H20FN5O3. The lowest BCUT2D eigenvalue weighted by molar-refractivity contribution is -0.146. The van der Waals surface area contributed by atoms with E-state index in [4.69, 9.17) is 4.74 Å². The Kier molecular flexibility index (Phi) is 6.15. The number of nitrogens with zero attached hydrogens (tertiary/aromatic N) is 4. The highest BCUT2D eigenvalue weighted by atomic mass is 19.1. The van der Waals surface area contributed by atoms with Crippen molar-refractivity contribution < 1.29 is 18.7 Å². The van der Waals surface area contributed by atoms with Gasteiger partial charge in [0.2, 0.25) is 11.7 Å². The van der Waals surface area contributed by atoms with E-state index in [-0.39, 0.29) is 24.1 Å². The minimum absolute atomic E-state index is 0.0742. The maximum Gasteiger partial charge on any atom is 0.328 e. The Labute approximate surface area is 144 Å². The minimum Gasteiger partial charge on any atom is -0.467 e. The number of benzene rings is 1. The molecule has 1 N–H and O–H groups in total. The van der Waals surface area contributed by atoms with Crippen molar-refractivity contribution in [3.05, 3.63) is 30.1 Å². The number of methoxy groups -OCH3 is 1. The van der Waals surface area contributed by atoms with Crippen molar-refractivity contribution in [3.8, 4) is 11.4 Å². The topological polar surface area (TPSA) is 99.0 Å². The number of aromatic nitrogens is 4. The molecule has 1 amide bonds. The zero-order valence-electron chi connectivity index (χ0n) is 14.3. The molecule has 0 aliphatic carbocycles.